The van der Waals surface area contributed by atoms with Crippen LogP contribution in [0.15, 0.2) is 76.9 Å². The van der Waals surface area contributed by atoms with E-state index in [1.807, 2.05) is 81.4 Å². The number of ether oxygens (including phenoxy) is 4. The van der Waals surface area contributed by atoms with Crippen molar-refractivity contribution in [2.24, 2.45) is 9.98 Å². The fourth-order valence-corrected chi connectivity index (χ4v) is 8.77. The average Bonchev–Trinajstić information content (AvgIpc) is 4.03. The fourth-order valence-electron chi connectivity index (χ4n) is 8.77. The molecule has 2 aliphatic rings. The third kappa shape index (κ3) is 11.4. The second-order valence-electron chi connectivity index (χ2n) is 20.0. The van der Waals surface area contributed by atoms with E-state index in [0.717, 1.165) is 81.4 Å². The Morgan fingerprint density at radius 3 is 1.77 bits per heavy atom. The molecule has 0 fully saturated rings. The van der Waals surface area contributed by atoms with E-state index in [2.05, 4.69) is 26.5 Å². The van der Waals surface area contributed by atoms with Gasteiger partial charge in [-0.15, -0.1) is 6.42 Å². The van der Waals surface area contributed by atoms with Crippen molar-refractivity contribution < 1.29 is 42.5 Å². The lowest BCUT2D eigenvalue weighted by atomic mass is 9.82. The second kappa shape index (κ2) is 20.9. The summed E-state index contributed by atoms with van der Waals surface area (Å²) < 4.78 is 35.8. The van der Waals surface area contributed by atoms with Crippen LogP contribution in [0.25, 0.3) is 16.7 Å². The molecule has 3 N–H and O–H groups in total. The number of allylic oxidation sites excluding steroid dienone is 1. The van der Waals surface area contributed by atoms with Crippen LogP contribution in [0.3, 0.4) is 0 Å². The molecule has 4 heterocycles. The highest BCUT2D eigenvalue weighted by atomic mass is 16.6. The number of rotatable bonds is 15. The number of benzene rings is 3. The van der Waals surface area contributed by atoms with Crippen LogP contribution in [0.4, 0.5) is 0 Å². The van der Waals surface area contributed by atoms with Crippen LogP contribution in [0, 0.1) is 47.0 Å². The van der Waals surface area contributed by atoms with Crippen LogP contribution in [0.5, 0.6) is 17.2 Å². The number of hydrogen-bond donors (Lipinski definition) is 3. The first-order chi connectivity index (χ1) is 33.5. The highest BCUT2D eigenvalue weighted by Gasteiger charge is 2.30. The third-order valence-corrected chi connectivity index (χ3v) is 12.5. The molecule has 0 radical (unpaired) electrons. The van der Waals surface area contributed by atoms with Gasteiger partial charge in [0.2, 0.25) is 11.5 Å². The first kappa shape index (κ1) is 51.4. The maximum absolute atomic E-state index is 13.8. The highest BCUT2D eigenvalue weighted by Crippen LogP contribution is 2.40. The standard InChI is InChI=1S/C56H62N4O11/c1-13-15-42(49-34(6)68-45(26-40(49)62)53(64)70-51-32(4)36(24-47-57-18-19-58-47)30(2)22-38(51)55(7,8)9)66-28-35(61)29-67-43-16-14-17-44-50(43)41(63)27-46(69-44)54(65)71-52-33(5)37(25-48-59-20-21-60-48)31(3)23-39(52)56(10,11)12/h1,14-17,22-23,26-27,35,61H,18-21,24-25,28-29H2,2-12H3,(H,57,58)(H,59,60)/b42-15+. The first-order valence-electron chi connectivity index (χ1n) is 23.6. The van der Waals surface area contributed by atoms with Gasteiger partial charge in [-0.05, 0) is 91.0 Å². The third-order valence-electron chi connectivity index (χ3n) is 12.5. The van der Waals surface area contributed by atoms with Crippen molar-refractivity contribution in [1.29, 1.82) is 0 Å². The molecule has 0 bridgehead atoms. The van der Waals surface area contributed by atoms with E-state index >= 15 is 0 Å². The number of nitrogens with one attached hydrogen (secondary N) is 2. The number of fused-ring (bicyclic) bond motifs is 1. The largest absolute Gasteiger partial charge is 0.490 e. The van der Waals surface area contributed by atoms with Crippen LogP contribution in [-0.2, 0) is 28.4 Å². The molecule has 5 aromatic rings. The molecule has 0 saturated heterocycles. The van der Waals surface area contributed by atoms with Gasteiger partial charge in [0, 0.05) is 55.3 Å². The molecule has 1 unspecified atom stereocenters. The molecule has 15 nitrogen and oxygen atoms in total. The van der Waals surface area contributed by atoms with Crippen molar-refractivity contribution >= 4 is 40.3 Å². The molecule has 2 aromatic heterocycles. The first-order valence-corrected chi connectivity index (χ1v) is 23.6. The summed E-state index contributed by atoms with van der Waals surface area (Å²) in [6.07, 6.45) is 6.63. The SMILES string of the molecule is C#C/C=C(/OCC(O)COc1cccc2oc(C(=O)Oc3c(C(C)(C)C)cc(C)c(CC4=NCCN4)c3C)cc(=O)c12)c1c(C)oc(C(=O)Oc2c(C(C)(C)C)cc(C)c(CC3=NCCN3)c2C)cc1=O. The number of hydrogen-bond acceptors (Lipinski definition) is 15. The molecule has 7 rings (SSSR count). The van der Waals surface area contributed by atoms with Crippen LogP contribution in [0.1, 0.15) is 118 Å². The molecule has 0 spiro atoms. The maximum Gasteiger partial charge on any atom is 0.379 e. The van der Waals surface area contributed by atoms with Crippen LogP contribution >= 0.6 is 0 Å². The summed E-state index contributed by atoms with van der Waals surface area (Å²) in [6.45, 7) is 23.7. The quantitative estimate of drug-likeness (QED) is 0.0397. The summed E-state index contributed by atoms with van der Waals surface area (Å²) in [7, 11) is 0. The molecule has 0 aliphatic carbocycles. The molecular weight excluding hydrogens is 905 g/mol. The van der Waals surface area contributed by atoms with Crippen molar-refractivity contribution in [2.75, 3.05) is 39.4 Å². The Labute approximate surface area is 413 Å². The van der Waals surface area contributed by atoms with E-state index in [9.17, 15) is 24.3 Å². The summed E-state index contributed by atoms with van der Waals surface area (Å²) in [4.78, 5) is 64.0. The number of aliphatic hydroxyl groups is 1. The van der Waals surface area contributed by atoms with Crippen molar-refractivity contribution in [3.63, 3.8) is 0 Å². The van der Waals surface area contributed by atoms with Crippen molar-refractivity contribution in [3.05, 3.63) is 136 Å². The van der Waals surface area contributed by atoms with E-state index in [-0.39, 0.29) is 57.3 Å². The van der Waals surface area contributed by atoms with E-state index < -0.39 is 40.9 Å². The van der Waals surface area contributed by atoms with Gasteiger partial charge in [0.15, 0.2) is 10.9 Å². The zero-order chi connectivity index (χ0) is 51.5. The minimum atomic E-state index is -1.30. The number of aryl methyl sites for hydroxylation is 3. The molecule has 71 heavy (non-hydrogen) atoms. The van der Waals surface area contributed by atoms with E-state index in [4.69, 9.17) is 34.2 Å². The second-order valence-corrected chi connectivity index (χ2v) is 20.0. The molecule has 0 saturated carbocycles. The van der Waals surface area contributed by atoms with E-state index in [1.54, 1.807) is 6.07 Å². The highest BCUT2D eigenvalue weighted by molar-refractivity contribution is 5.93. The summed E-state index contributed by atoms with van der Waals surface area (Å²) >= 11 is 0. The lowest BCUT2D eigenvalue weighted by molar-refractivity contribution is 0.0532. The molecule has 0 amide bonds. The number of carbonyl (C=O) groups excluding carboxylic acids is 2. The van der Waals surface area contributed by atoms with Crippen LogP contribution in [0.2, 0.25) is 0 Å². The number of carbonyl (C=O) groups is 2. The number of terminal acetylenes is 1. The van der Waals surface area contributed by atoms with Gasteiger partial charge in [0.05, 0.1) is 13.1 Å². The molecule has 1 atom stereocenters. The molecular formula is C56H62N4O11. The van der Waals surface area contributed by atoms with Gasteiger partial charge in [-0.25, -0.2) is 9.59 Å². The molecule has 372 valence electrons. The Hall–Kier alpha value is -7.44. The predicted octanol–water partition coefficient (Wildman–Crippen LogP) is 7.84. The van der Waals surface area contributed by atoms with Crippen LogP contribution in [-0.4, -0.2) is 74.2 Å². The van der Waals surface area contributed by atoms with Gasteiger partial charge in [-0.1, -0.05) is 65.7 Å². The summed E-state index contributed by atoms with van der Waals surface area (Å²) in [5.74, 6) is 2.53. The zero-order valence-electron chi connectivity index (χ0n) is 42.4. The number of esters is 2. The van der Waals surface area contributed by atoms with Gasteiger partial charge >= 0.3 is 11.9 Å². The van der Waals surface area contributed by atoms with Gasteiger partial charge < -0.3 is 43.5 Å². The van der Waals surface area contributed by atoms with Crippen molar-refractivity contribution in [1.82, 2.24) is 10.6 Å². The normalized spacial score (nSPS) is 14.3. The Balaban J connectivity index is 1.04. The Morgan fingerprint density at radius 2 is 1.30 bits per heavy atom. The monoisotopic (exact) mass is 966 g/mol. The number of nitrogens with zero attached hydrogens (tertiary/aromatic N) is 2. The van der Waals surface area contributed by atoms with Gasteiger partial charge in [-0.2, -0.15) is 0 Å². The van der Waals surface area contributed by atoms with E-state index in [1.165, 1.54) is 25.1 Å². The number of aliphatic hydroxyl groups excluding tert-OH is 1. The predicted molar refractivity (Wildman–Crippen MR) is 274 cm³/mol. The molecule has 3 aromatic carbocycles. The Kier molecular flexibility index (Phi) is 15.1. The fraction of sp³-hybridized carbons (Fsp3) is 0.393. The van der Waals surface area contributed by atoms with Gasteiger partial charge in [0.25, 0.3) is 0 Å². The molecule has 15 heteroatoms. The van der Waals surface area contributed by atoms with Crippen molar-refractivity contribution in [3.8, 4) is 29.6 Å². The summed E-state index contributed by atoms with van der Waals surface area (Å²) in [5.41, 5.74) is 5.27. The average molecular weight is 967 g/mol. The number of aliphatic imine (C=N–C) groups is 2. The summed E-state index contributed by atoms with van der Waals surface area (Å²) in [5, 5.41) is 17.7. The lowest BCUT2D eigenvalue weighted by Gasteiger charge is -2.26. The topological polar surface area (TPSA) is 200 Å². The Bertz CT molecular complexity index is 3190. The van der Waals surface area contributed by atoms with Gasteiger partial charge in [0.1, 0.15) is 76.3 Å². The minimum Gasteiger partial charge on any atom is -0.490 e. The zero-order valence-corrected chi connectivity index (χ0v) is 42.4. The van der Waals surface area contributed by atoms with Crippen LogP contribution < -0.4 is 35.7 Å². The maximum atomic E-state index is 13.8. The molecule has 2 aliphatic heterocycles. The minimum absolute atomic E-state index is 0.0193. The lowest BCUT2D eigenvalue weighted by Crippen LogP contribution is -2.25. The Morgan fingerprint density at radius 1 is 0.775 bits per heavy atom. The number of amidine groups is 2. The summed E-state index contributed by atoms with van der Waals surface area (Å²) in [6, 6.07) is 10.7. The van der Waals surface area contributed by atoms with Crippen molar-refractivity contribution in [2.45, 2.75) is 106 Å². The van der Waals surface area contributed by atoms with Gasteiger partial charge in [-0.3, -0.25) is 19.6 Å². The van der Waals surface area contributed by atoms with E-state index in [0.29, 0.717) is 37.4 Å². The smallest absolute Gasteiger partial charge is 0.379 e.